The van der Waals surface area contributed by atoms with Crippen LogP contribution in [0.5, 0.6) is 0 Å². The second-order valence-electron chi connectivity index (χ2n) is 6.76. The van der Waals surface area contributed by atoms with Crippen molar-refractivity contribution in [2.75, 3.05) is 52.6 Å². The molecule has 10 N–H and O–H groups in total. The number of aliphatic hydroxyl groups excluding tert-OH is 2. The Labute approximate surface area is 167 Å². The summed E-state index contributed by atoms with van der Waals surface area (Å²) in [5.41, 5.74) is 5.54. The summed E-state index contributed by atoms with van der Waals surface area (Å²) in [6, 6.07) is -0.265. The summed E-state index contributed by atoms with van der Waals surface area (Å²) in [7, 11) is -8.11. The van der Waals surface area contributed by atoms with Gasteiger partial charge in [-0.15, -0.1) is 0 Å². The second-order valence-corrected chi connectivity index (χ2v) is 10.9. The maximum absolute atomic E-state index is 10.0. The predicted octanol–water partition coefficient (Wildman–Crippen LogP) is -4.39. The first-order chi connectivity index (χ1) is 12.9. The predicted molar refractivity (Wildman–Crippen MR) is 103 cm³/mol. The molecule has 0 aliphatic carbocycles. The minimum atomic E-state index is -4.06. The van der Waals surface area contributed by atoms with Crippen LogP contribution in [-0.4, -0.2) is 126 Å². The Kier molecular flexibility index (Phi) is 14.8. The third kappa shape index (κ3) is 19.3. The van der Waals surface area contributed by atoms with Crippen molar-refractivity contribution in [3.63, 3.8) is 0 Å². The number of rotatable bonds is 18. The number of nitrogens with two attached hydrogens (primary N) is 1. The van der Waals surface area contributed by atoms with Crippen LogP contribution in [0.25, 0.3) is 0 Å². The van der Waals surface area contributed by atoms with Crippen molar-refractivity contribution >= 4 is 17.6 Å². The van der Waals surface area contributed by atoms with Crippen molar-refractivity contribution in [2.45, 2.75) is 37.1 Å². The van der Waals surface area contributed by atoms with Gasteiger partial charge in [0.25, 0.3) is 0 Å². The van der Waals surface area contributed by atoms with E-state index in [2.05, 4.69) is 0 Å². The van der Waals surface area contributed by atoms with Crippen molar-refractivity contribution in [1.82, 2.24) is 4.90 Å². The summed E-state index contributed by atoms with van der Waals surface area (Å²) < 4.78 is 10.5. The monoisotopic (exact) mass is 448 g/mol. The first-order valence-electron chi connectivity index (χ1n) is 9.21. The molecule has 0 heterocycles. The molecule has 170 valence electrons. The summed E-state index contributed by atoms with van der Waals surface area (Å²) in [5.74, 6) is 0. The molecule has 0 aromatic rings. The molecule has 28 heavy (non-hydrogen) atoms. The van der Waals surface area contributed by atoms with E-state index in [1.807, 2.05) is 0 Å². The van der Waals surface area contributed by atoms with E-state index in [1.165, 1.54) is 0 Å². The van der Waals surface area contributed by atoms with Crippen LogP contribution in [0, 0.1) is 0 Å². The van der Waals surface area contributed by atoms with Gasteiger partial charge in [-0.05, 0) is 12.8 Å². The molecule has 0 radical (unpaired) electrons. The molecule has 0 aromatic carbocycles. The topological polar surface area (TPSA) is 210 Å². The Bertz CT molecular complexity index is 352. The quantitative estimate of drug-likeness (QED) is 0.0719. The van der Waals surface area contributed by atoms with E-state index in [4.69, 9.17) is 44.0 Å². The van der Waals surface area contributed by atoms with Crippen LogP contribution >= 0.6 is 0 Å². The number of nitrogens with zero attached hydrogens (tertiary/aromatic N) is 1. The number of hydrogen-bond acceptors (Lipinski definition) is 12. The average Bonchev–Trinajstić information content (AvgIpc) is 2.52. The molecule has 0 spiro atoms. The first kappa shape index (κ1) is 28.0. The van der Waals surface area contributed by atoms with Crippen LogP contribution in [0.3, 0.4) is 0 Å². The number of aliphatic hydroxyl groups is 2. The Balaban J connectivity index is 3.98. The smallest absolute Gasteiger partial charge is 0.390 e. The molecule has 0 aliphatic rings. The largest absolute Gasteiger partial charge is 0.492 e. The van der Waals surface area contributed by atoms with Crippen molar-refractivity contribution in [3.8, 4) is 0 Å². The van der Waals surface area contributed by atoms with Gasteiger partial charge in [0.2, 0.25) is 0 Å². The summed E-state index contributed by atoms with van der Waals surface area (Å²) >= 11 is 0. The summed E-state index contributed by atoms with van der Waals surface area (Å²) in [6.07, 6.45) is -1.15. The lowest BCUT2D eigenvalue weighted by molar-refractivity contribution is -0.00958. The highest BCUT2D eigenvalue weighted by atomic mass is 28.4. The third-order valence-corrected chi connectivity index (χ3v) is 5.65. The molecule has 0 aliphatic heterocycles. The highest BCUT2D eigenvalue weighted by molar-refractivity contribution is 6.56. The van der Waals surface area contributed by atoms with Crippen LogP contribution in [0.2, 0.25) is 12.1 Å². The molecular formula is C14H36N2O10Si2. The van der Waals surface area contributed by atoms with E-state index in [0.717, 1.165) is 0 Å². The van der Waals surface area contributed by atoms with Gasteiger partial charge >= 0.3 is 17.6 Å². The minimum absolute atomic E-state index is 0.0135. The van der Waals surface area contributed by atoms with Gasteiger partial charge in [-0.25, -0.2) is 0 Å². The normalized spacial score (nSPS) is 15.2. The highest BCUT2D eigenvalue weighted by Gasteiger charge is 2.26. The molecule has 0 rings (SSSR count). The molecule has 0 saturated carbocycles. The first-order valence-corrected chi connectivity index (χ1v) is 13.3. The van der Waals surface area contributed by atoms with Crippen LogP contribution in [0.4, 0.5) is 0 Å². The Hall–Kier alpha value is -0.0462. The Morgan fingerprint density at radius 2 is 1.14 bits per heavy atom. The van der Waals surface area contributed by atoms with Gasteiger partial charge < -0.3 is 54.2 Å². The van der Waals surface area contributed by atoms with Gasteiger partial charge in [-0.3, -0.25) is 4.90 Å². The van der Waals surface area contributed by atoms with Gasteiger partial charge in [0.15, 0.2) is 0 Å². The molecule has 12 nitrogen and oxygen atoms in total. The molecule has 0 bridgehead atoms. The van der Waals surface area contributed by atoms with Crippen LogP contribution in [0.1, 0.15) is 12.8 Å². The lowest BCUT2D eigenvalue weighted by Crippen LogP contribution is -2.43. The van der Waals surface area contributed by atoms with E-state index in [0.29, 0.717) is 13.1 Å². The summed E-state index contributed by atoms with van der Waals surface area (Å²) in [5, 5.41) is 20.0. The molecule has 0 saturated heterocycles. The van der Waals surface area contributed by atoms with E-state index in [1.54, 1.807) is 4.90 Å². The number of hydrogen-bond donors (Lipinski definition) is 9. The lowest BCUT2D eigenvalue weighted by Gasteiger charge is -2.26. The van der Waals surface area contributed by atoms with E-state index < -0.39 is 29.8 Å². The fourth-order valence-electron chi connectivity index (χ4n) is 2.40. The number of ether oxygens (including phenoxy) is 2. The van der Waals surface area contributed by atoms with Gasteiger partial charge in [0, 0.05) is 51.5 Å². The molecule has 0 aromatic heterocycles. The van der Waals surface area contributed by atoms with Gasteiger partial charge in [-0.1, -0.05) is 0 Å². The van der Waals surface area contributed by atoms with Gasteiger partial charge in [-0.2, -0.15) is 0 Å². The maximum atomic E-state index is 10.0. The van der Waals surface area contributed by atoms with E-state index in [9.17, 15) is 10.2 Å². The van der Waals surface area contributed by atoms with Gasteiger partial charge in [0.1, 0.15) is 0 Å². The average molecular weight is 449 g/mol. The van der Waals surface area contributed by atoms with Crippen LogP contribution < -0.4 is 5.73 Å². The summed E-state index contributed by atoms with van der Waals surface area (Å²) in [4.78, 5) is 55.0. The van der Waals surface area contributed by atoms with Crippen molar-refractivity contribution in [1.29, 1.82) is 0 Å². The van der Waals surface area contributed by atoms with E-state index >= 15 is 0 Å². The van der Waals surface area contributed by atoms with Crippen LogP contribution in [-0.2, 0) is 9.47 Å². The molecule has 14 heteroatoms. The molecular weight excluding hydrogens is 412 g/mol. The fourth-order valence-corrected chi connectivity index (χ4v) is 3.64. The van der Waals surface area contributed by atoms with E-state index in [-0.39, 0.29) is 64.4 Å². The Morgan fingerprint density at radius 3 is 1.46 bits per heavy atom. The molecule has 0 amide bonds. The SMILES string of the molecule is NCCN(CC(O)COCCC[Si](O)(O)O)CC(O)COCCC[Si](O)(O)O. The maximum Gasteiger partial charge on any atom is 0.492 e. The minimum Gasteiger partial charge on any atom is -0.390 e. The lowest BCUT2D eigenvalue weighted by atomic mass is 10.2. The zero-order valence-corrected chi connectivity index (χ0v) is 18.1. The second kappa shape index (κ2) is 14.9. The molecule has 0 fully saturated rings. The highest BCUT2D eigenvalue weighted by Crippen LogP contribution is 2.04. The zero-order valence-electron chi connectivity index (χ0n) is 16.1. The van der Waals surface area contributed by atoms with Crippen molar-refractivity contribution in [3.05, 3.63) is 0 Å². The van der Waals surface area contributed by atoms with Gasteiger partial charge in [0.05, 0.1) is 25.4 Å². The summed E-state index contributed by atoms with van der Waals surface area (Å²) in [6.45, 7) is 1.55. The van der Waals surface area contributed by atoms with Crippen LogP contribution in [0.15, 0.2) is 0 Å². The third-order valence-electron chi connectivity index (χ3n) is 3.61. The Morgan fingerprint density at radius 1 is 0.750 bits per heavy atom. The molecule has 2 atom stereocenters. The van der Waals surface area contributed by atoms with Crippen molar-refractivity contribution < 1.29 is 48.5 Å². The van der Waals surface area contributed by atoms with Crippen molar-refractivity contribution in [2.24, 2.45) is 5.73 Å². The zero-order chi connectivity index (χ0) is 21.6. The molecule has 2 unspecified atom stereocenters. The fraction of sp³-hybridized carbons (Fsp3) is 1.00. The standard InChI is InChI=1S/C14H36N2O10Si2/c15-3-4-16(9-13(17)11-25-5-1-7-27(19,20)21)10-14(18)12-26-6-2-8-28(22,23)24/h13-14,17-24H,1-12,15H2.